The summed E-state index contributed by atoms with van der Waals surface area (Å²) < 4.78 is 0. The van der Waals surface area contributed by atoms with Gasteiger partial charge in [-0.1, -0.05) is 29.8 Å². The molecule has 1 aromatic carbocycles. The molecule has 0 atom stereocenters. The SMILES string of the molecule is NC(N)=NC(=S)NCc1ccccc1Cl. The van der Waals surface area contributed by atoms with Gasteiger partial charge in [0.15, 0.2) is 11.1 Å². The number of nitrogens with two attached hydrogens (primary N) is 2. The minimum atomic E-state index is -0.0633. The van der Waals surface area contributed by atoms with E-state index in [0.29, 0.717) is 11.6 Å². The van der Waals surface area contributed by atoms with Gasteiger partial charge in [-0.25, -0.2) is 0 Å². The molecule has 5 N–H and O–H groups in total. The van der Waals surface area contributed by atoms with Crippen molar-refractivity contribution in [1.29, 1.82) is 0 Å². The molecule has 0 fully saturated rings. The summed E-state index contributed by atoms with van der Waals surface area (Å²) in [5.41, 5.74) is 11.3. The van der Waals surface area contributed by atoms with E-state index >= 15 is 0 Å². The summed E-state index contributed by atoms with van der Waals surface area (Å²) in [6, 6.07) is 7.46. The van der Waals surface area contributed by atoms with Gasteiger partial charge in [0.1, 0.15) is 0 Å². The van der Waals surface area contributed by atoms with Gasteiger partial charge in [0.05, 0.1) is 0 Å². The number of nitrogens with one attached hydrogen (secondary N) is 1. The van der Waals surface area contributed by atoms with Crippen molar-refractivity contribution in [3.63, 3.8) is 0 Å². The lowest BCUT2D eigenvalue weighted by Gasteiger charge is -2.05. The van der Waals surface area contributed by atoms with Gasteiger partial charge >= 0.3 is 0 Å². The summed E-state index contributed by atoms with van der Waals surface area (Å²) in [4.78, 5) is 3.67. The molecule has 15 heavy (non-hydrogen) atoms. The summed E-state index contributed by atoms with van der Waals surface area (Å²) in [6.07, 6.45) is 0. The Morgan fingerprint density at radius 2 is 2.07 bits per heavy atom. The lowest BCUT2D eigenvalue weighted by molar-refractivity contribution is 0.920. The second-order valence-corrected chi connectivity index (χ2v) is 3.58. The van der Waals surface area contributed by atoms with Gasteiger partial charge in [-0.15, -0.1) is 0 Å². The lowest BCUT2D eigenvalue weighted by Crippen LogP contribution is -2.28. The number of hydrogen-bond acceptors (Lipinski definition) is 1. The van der Waals surface area contributed by atoms with Crippen molar-refractivity contribution in [3.05, 3.63) is 34.9 Å². The van der Waals surface area contributed by atoms with Crippen molar-refractivity contribution in [2.75, 3.05) is 0 Å². The third-order valence-corrected chi connectivity index (χ3v) is 2.22. The molecule has 0 saturated heterocycles. The highest BCUT2D eigenvalue weighted by molar-refractivity contribution is 7.80. The Morgan fingerprint density at radius 1 is 1.40 bits per heavy atom. The second-order valence-electron chi connectivity index (χ2n) is 2.79. The van der Waals surface area contributed by atoms with Crippen LogP contribution in [-0.4, -0.2) is 11.1 Å². The zero-order valence-corrected chi connectivity index (χ0v) is 9.48. The molecule has 0 aliphatic rings. The van der Waals surface area contributed by atoms with Crippen molar-refractivity contribution >= 4 is 34.9 Å². The van der Waals surface area contributed by atoms with E-state index in [2.05, 4.69) is 10.3 Å². The fraction of sp³-hybridized carbons (Fsp3) is 0.111. The summed E-state index contributed by atoms with van der Waals surface area (Å²) in [5, 5.41) is 3.79. The molecule has 0 spiro atoms. The smallest absolute Gasteiger partial charge is 0.196 e. The third-order valence-electron chi connectivity index (χ3n) is 1.62. The number of nitrogens with zero attached hydrogens (tertiary/aromatic N) is 1. The Hall–Kier alpha value is -1.33. The molecule has 0 unspecified atom stereocenters. The molecule has 1 aromatic rings. The van der Waals surface area contributed by atoms with E-state index in [-0.39, 0.29) is 11.1 Å². The molecular formula is C9H11ClN4S. The second kappa shape index (κ2) is 5.53. The number of halogens is 1. The average Bonchev–Trinajstić information content (AvgIpc) is 2.15. The molecule has 0 radical (unpaired) electrons. The van der Waals surface area contributed by atoms with E-state index in [4.69, 9.17) is 35.3 Å². The van der Waals surface area contributed by atoms with Gasteiger partial charge in [-0.3, -0.25) is 0 Å². The first-order valence-electron chi connectivity index (χ1n) is 4.20. The predicted octanol–water partition coefficient (Wildman–Crippen LogP) is 0.988. The maximum Gasteiger partial charge on any atom is 0.196 e. The molecule has 0 heterocycles. The van der Waals surface area contributed by atoms with E-state index in [9.17, 15) is 0 Å². The quantitative estimate of drug-likeness (QED) is 0.411. The van der Waals surface area contributed by atoms with Crippen molar-refractivity contribution in [3.8, 4) is 0 Å². The van der Waals surface area contributed by atoms with Crippen LogP contribution in [-0.2, 0) is 6.54 Å². The number of benzene rings is 1. The Labute approximate surface area is 98.3 Å². The monoisotopic (exact) mass is 242 g/mol. The molecule has 0 bridgehead atoms. The van der Waals surface area contributed by atoms with Crippen LogP contribution >= 0.6 is 23.8 Å². The third kappa shape index (κ3) is 4.14. The highest BCUT2D eigenvalue weighted by Crippen LogP contribution is 2.14. The van der Waals surface area contributed by atoms with Crippen molar-refractivity contribution in [1.82, 2.24) is 5.32 Å². The van der Waals surface area contributed by atoms with Crippen LogP contribution in [0.1, 0.15) is 5.56 Å². The van der Waals surface area contributed by atoms with Crippen LogP contribution in [0.15, 0.2) is 29.3 Å². The van der Waals surface area contributed by atoms with E-state index in [1.807, 2.05) is 24.3 Å². The Kier molecular flexibility index (Phi) is 4.33. The molecule has 0 aliphatic heterocycles. The molecule has 4 nitrogen and oxygen atoms in total. The van der Waals surface area contributed by atoms with Crippen molar-refractivity contribution in [2.45, 2.75) is 6.54 Å². The zero-order valence-electron chi connectivity index (χ0n) is 7.90. The molecule has 0 amide bonds. The Balaban J connectivity index is 2.55. The highest BCUT2D eigenvalue weighted by Gasteiger charge is 1.99. The number of hydrogen-bond donors (Lipinski definition) is 3. The van der Waals surface area contributed by atoms with E-state index < -0.39 is 0 Å². The van der Waals surface area contributed by atoms with Gasteiger partial charge < -0.3 is 16.8 Å². The van der Waals surface area contributed by atoms with Gasteiger partial charge in [-0.05, 0) is 23.8 Å². The van der Waals surface area contributed by atoms with Crippen LogP contribution in [0.3, 0.4) is 0 Å². The summed E-state index contributed by atoms with van der Waals surface area (Å²) >= 11 is 10.8. The molecule has 1 rings (SSSR count). The highest BCUT2D eigenvalue weighted by atomic mass is 35.5. The van der Waals surface area contributed by atoms with Crippen LogP contribution < -0.4 is 16.8 Å². The number of thiocarbonyl (C=S) groups is 1. The summed E-state index contributed by atoms with van der Waals surface area (Å²) in [5.74, 6) is -0.0633. The van der Waals surface area contributed by atoms with Crippen LogP contribution in [0.5, 0.6) is 0 Å². The number of guanidine groups is 1. The Bertz CT molecular complexity index is 387. The van der Waals surface area contributed by atoms with Crippen molar-refractivity contribution < 1.29 is 0 Å². The Morgan fingerprint density at radius 3 is 2.67 bits per heavy atom. The summed E-state index contributed by atoms with van der Waals surface area (Å²) in [7, 11) is 0. The number of aliphatic imine (C=N–C) groups is 1. The number of rotatable bonds is 2. The van der Waals surface area contributed by atoms with Gasteiger partial charge in [0.25, 0.3) is 0 Å². The van der Waals surface area contributed by atoms with E-state index in [1.165, 1.54) is 0 Å². The predicted molar refractivity (Wildman–Crippen MR) is 66.7 cm³/mol. The summed E-state index contributed by atoms with van der Waals surface area (Å²) in [6.45, 7) is 0.495. The molecule has 0 aliphatic carbocycles. The molecule has 80 valence electrons. The first-order valence-corrected chi connectivity index (χ1v) is 4.99. The fourth-order valence-corrected chi connectivity index (χ4v) is 1.35. The molecule has 0 saturated carbocycles. The standard InChI is InChI=1S/C9H11ClN4S/c10-7-4-2-1-3-6(7)5-13-9(15)14-8(11)12/h1-4H,5H2,(H5,11,12,13,14,15). The minimum Gasteiger partial charge on any atom is -0.370 e. The van der Waals surface area contributed by atoms with Crippen molar-refractivity contribution in [2.24, 2.45) is 16.5 Å². The molecule has 6 heteroatoms. The molecular weight excluding hydrogens is 232 g/mol. The van der Waals surface area contributed by atoms with Crippen LogP contribution in [0.2, 0.25) is 5.02 Å². The minimum absolute atomic E-state index is 0.0633. The van der Waals surface area contributed by atoms with E-state index in [0.717, 1.165) is 5.56 Å². The van der Waals surface area contributed by atoms with Crippen LogP contribution in [0, 0.1) is 0 Å². The molecule has 0 aromatic heterocycles. The van der Waals surface area contributed by atoms with Crippen LogP contribution in [0.25, 0.3) is 0 Å². The maximum absolute atomic E-state index is 5.94. The average molecular weight is 243 g/mol. The van der Waals surface area contributed by atoms with Gasteiger partial charge in [0, 0.05) is 11.6 Å². The normalized spacial score (nSPS) is 9.40. The first kappa shape index (κ1) is 11.7. The van der Waals surface area contributed by atoms with Crippen LogP contribution in [0.4, 0.5) is 0 Å². The first-order chi connectivity index (χ1) is 7.09. The topological polar surface area (TPSA) is 76.4 Å². The van der Waals surface area contributed by atoms with Gasteiger partial charge in [0.2, 0.25) is 0 Å². The largest absolute Gasteiger partial charge is 0.370 e. The lowest BCUT2D eigenvalue weighted by atomic mass is 10.2. The fourth-order valence-electron chi connectivity index (χ4n) is 0.969. The zero-order chi connectivity index (χ0) is 11.3. The maximum atomic E-state index is 5.94. The van der Waals surface area contributed by atoms with Gasteiger partial charge in [-0.2, -0.15) is 4.99 Å². The van der Waals surface area contributed by atoms with E-state index in [1.54, 1.807) is 0 Å².